The summed E-state index contributed by atoms with van der Waals surface area (Å²) < 4.78 is 7.35. The second-order valence-electron chi connectivity index (χ2n) is 7.47. The molecule has 0 aliphatic rings. The standard InChI is InChI=1S/C23H23ClN4O2/c1-3-14(2)13-30-23(29)19-20-22(27-18-7-5-4-6-17(18)26-20)28(21(19)25)12-15-8-10-16(24)11-9-15/h4-11,14H,3,12-13,25H2,1-2H3/t14-/m1/s1. The molecule has 0 radical (unpaired) electrons. The highest BCUT2D eigenvalue weighted by atomic mass is 35.5. The summed E-state index contributed by atoms with van der Waals surface area (Å²) in [5.41, 5.74) is 10.1. The smallest absolute Gasteiger partial charge is 0.344 e. The summed E-state index contributed by atoms with van der Waals surface area (Å²) >= 11 is 6.01. The van der Waals surface area contributed by atoms with Gasteiger partial charge in [-0.25, -0.2) is 14.8 Å². The Morgan fingerprint density at radius 3 is 2.47 bits per heavy atom. The van der Waals surface area contributed by atoms with Crippen molar-refractivity contribution in [2.45, 2.75) is 26.8 Å². The van der Waals surface area contributed by atoms with Crippen LogP contribution in [0, 0.1) is 5.92 Å². The Kier molecular flexibility index (Phi) is 5.59. The number of aromatic nitrogens is 3. The van der Waals surface area contributed by atoms with Gasteiger partial charge in [0.2, 0.25) is 0 Å². The van der Waals surface area contributed by atoms with E-state index in [1.807, 2.05) is 55.5 Å². The molecular weight excluding hydrogens is 400 g/mol. The van der Waals surface area contributed by atoms with E-state index in [4.69, 9.17) is 32.0 Å². The van der Waals surface area contributed by atoms with E-state index in [0.717, 1.165) is 17.5 Å². The van der Waals surface area contributed by atoms with Crippen LogP contribution >= 0.6 is 11.6 Å². The van der Waals surface area contributed by atoms with Crippen molar-refractivity contribution in [1.82, 2.24) is 14.5 Å². The lowest BCUT2D eigenvalue weighted by Crippen LogP contribution is -2.14. The summed E-state index contributed by atoms with van der Waals surface area (Å²) in [6.45, 7) is 4.86. The van der Waals surface area contributed by atoms with E-state index in [2.05, 4.69) is 6.92 Å². The lowest BCUT2D eigenvalue weighted by molar-refractivity contribution is 0.0450. The van der Waals surface area contributed by atoms with Crippen molar-refractivity contribution >= 4 is 45.6 Å². The fourth-order valence-electron chi connectivity index (χ4n) is 3.26. The first-order valence-corrected chi connectivity index (χ1v) is 10.3. The van der Waals surface area contributed by atoms with Gasteiger partial charge in [-0.15, -0.1) is 0 Å². The zero-order valence-corrected chi connectivity index (χ0v) is 17.7. The molecule has 1 atom stereocenters. The zero-order valence-electron chi connectivity index (χ0n) is 16.9. The Bertz CT molecular complexity index is 1220. The molecule has 2 N–H and O–H groups in total. The Balaban J connectivity index is 1.85. The molecule has 0 spiro atoms. The van der Waals surface area contributed by atoms with E-state index in [0.29, 0.717) is 40.7 Å². The lowest BCUT2D eigenvalue weighted by atomic mass is 10.1. The second kappa shape index (κ2) is 8.32. The zero-order chi connectivity index (χ0) is 21.3. The Labute approximate surface area is 179 Å². The monoisotopic (exact) mass is 422 g/mol. The molecule has 0 saturated heterocycles. The molecule has 4 rings (SSSR count). The summed E-state index contributed by atoms with van der Waals surface area (Å²) in [6, 6.07) is 15.0. The van der Waals surface area contributed by atoms with Crippen molar-refractivity contribution in [1.29, 1.82) is 0 Å². The van der Waals surface area contributed by atoms with Crippen molar-refractivity contribution in [2.75, 3.05) is 12.3 Å². The van der Waals surface area contributed by atoms with Gasteiger partial charge in [0.15, 0.2) is 5.65 Å². The first kappa shape index (κ1) is 20.2. The number of hydrogen-bond acceptors (Lipinski definition) is 5. The number of para-hydroxylation sites is 2. The highest BCUT2D eigenvalue weighted by Gasteiger charge is 2.25. The molecule has 2 heterocycles. The highest BCUT2D eigenvalue weighted by Crippen LogP contribution is 2.29. The molecule has 6 nitrogen and oxygen atoms in total. The summed E-state index contributed by atoms with van der Waals surface area (Å²) in [6.07, 6.45) is 0.922. The Morgan fingerprint density at radius 1 is 1.13 bits per heavy atom. The van der Waals surface area contributed by atoms with E-state index < -0.39 is 5.97 Å². The molecule has 0 bridgehead atoms. The average Bonchev–Trinajstić information content (AvgIpc) is 3.02. The SMILES string of the molecule is CC[C@@H](C)COC(=O)c1c(N)n(Cc2ccc(Cl)cc2)c2nc3ccccc3nc12. The van der Waals surface area contributed by atoms with E-state index in [9.17, 15) is 4.79 Å². The van der Waals surface area contributed by atoms with Gasteiger partial charge in [0, 0.05) is 5.02 Å². The number of nitrogen functional groups attached to an aromatic ring is 1. The third-order valence-electron chi connectivity index (χ3n) is 5.25. The fraction of sp³-hybridized carbons (Fsp3) is 0.261. The third kappa shape index (κ3) is 3.83. The van der Waals surface area contributed by atoms with Crippen molar-refractivity contribution < 1.29 is 9.53 Å². The van der Waals surface area contributed by atoms with Crippen LogP contribution in [0.5, 0.6) is 0 Å². The number of fused-ring (bicyclic) bond motifs is 2. The average molecular weight is 423 g/mol. The van der Waals surface area contributed by atoms with Crippen LogP contribution in [0.25, 0.3) is 22.2 Å². The minimum atomic E-state index is -0.475. The van der Waals surface area contributed by atoms with E-state index >= 15 is 0 Å². The fourth-order valence-corrected chi connectivity index (χ4v) is 3.38. The maximum Gasteiger partial charge on any atom is 0.344 e. The van der Waals surface area contributed by atoms with Crippen LogP contribution in [0.4, 0.5) is 5.82 Å². The summed E-state index contributed by atoms with van der Waals surface area (Å²) in [4.78, 5) is 22.4. The number of benzene rings is 2. The second-order valence-corrected chi connectivity index (χ2v) is 7.91. The van der Waals surface area contributed by atoms with Gasteiger partial charge in [-0.2, -0.15) is 0 Å². The van der Waals surface area contributed by atoms with Gasteiger partial charge in [0.25, 0.3) is 0 Å². The van der Waals surface area contributed by atoms with Gasteiger partial charge in [-0.3, -0.25) is 0 Å². The van der Waals surface area contributed by atoms with Gasteiger partial charge >= 0.3 is 5.97 Å². The predicted octanol–water partition coefficient (Wildman–Crippen LogP) is 5.07. The molecule has 0 aliphatic heterocycles. The minimum absolute atomic E-state index is 0.264. The largest absolute Gasteiger partial charge is 0.462 e. The van der Waals surface area contributed by atoms with Gasteiger partial charge in [0.05, 0.1) is 24.2 Å². The molecule has 0 unspecified atom stereocenters. The summed E-state index contributed by atoms with van der Waals surface area (Å²) in [7, 11) is 0. The van der Waals surface area contributed by atoms with E-state index in [1.165, 1.54) is 0 Å². The number of esters is 1. The number of carbonyl (C=O) groups is 1. The summed E-state index contributed by atoms with van der Waals surface area (Å²) in [5, 5.41) is 0.657. The van der Waals surface area contributed by atoms with E-state index in [1.54, 1.807) is 4.57 Å². The molecule has 0 amide bonds. The number of nitrogens with two attached hydrogens (primary N) is 1. The first-order chi connectivity index (χ1) is 14.5. The van der Waals surface area contributed by atoms with Gasteiger partial charge < -0.3 is 15.0 Å². The van der Waals surface area contributed by atoms with Crippen molar-refractivity contribution in [3.63, 3.8) is 0 Å². The van der Waals surface area contributed by atoms with Crippen LogP contribution in [-0.4, -0.2) is 27.1 Å². The van der Waals surface area contributed by atoms with Crippen LogP contribution in [0.1, 0.15) is 36.2 Å². The number of rotatable bonds is 6. The molecular formula is C23H23ClN4O2. The Morgan fingerprint density at radius 2 is 1.80 bits per heavy atom. The summed E-state index contributed by atoms with van der Waals surface area (Å²) in [5.74, 6) is 0.0890. The number of nitrogens with zero attached hydrogens (tertiary/aromatic N) is 3. The predicted molar refractivity (Wildman–Crippen MR) is 120 cm³/mol. The van der Waals surface area contributed by atoms with Crippen LogP contribution in [0.3, 0.4) is 0 Å². The normalized spacial score (nSPS) is 12.4. The lowest BCUT2D eigenvalue weighted by Gasteiger charge is -2.10. The molecule has 7 heteroatoms. The van der Waals surface area contributed by atoms with E-state index in [-0.39, 0.29) is 11.5 Å². The maximum atomic E-state index is 12.9. The number of hydrogen-bond donors (Lipinski definition) is 1. The number of anilines is 1. The van der Waals surface area contributed by atoms with Gasteiger partial charge in [0.1, 0.15) is 16.9 Å². The highest BCUT2D eigenvalue weighted by molar-refractivity contribution is 6.30. The molecule has 0 saturated carbocycles. The molecule has 4 aromatic rings. The molecule has 2 aromatic carbocycles. The van der Waals surface area contributed by atoms with Crippen molar-refractivity contribution in [3.8, 4) is 0 Å². The van der Waals surface area contributed by atoms with Crippen molar-refractivity contribution in [2.24, 2.45) is 5.92 Å². The van der Waals surface area contributed by atoms with Gasteiger partial charge in [-0.1, -0.05) is 56.1 Å². The quantitative estimate of drug-likeness (QED) is 0.438. The minimum Gasteiger partial charge on any atom is -0.462 e. The van der Waals surface area contributed by atoms with Crippen molar-refractivity contribution in [3.05, 3.63) is 64.7 Å². The molecule has 154 valence electrons. The van der Waals surface area contributed by atoms with Crippen LogP contribution < -0.4 is 5.73 Å². The number of halogens is 1. The van der Waals surface area contributed by atoms with Crippen LogP contribution in [-0.2, 0) is 11.3 Å². The number of ether oxygens (including phenoxy) is 1. The molecule has 0 fully saturated rings. The first-order valence-electron chi connectivity index (χ1n) is 9.94. The Hall–Kier alpha value is -3.12. The molecule has 2 aromatic heterocycles. The van der Waals surface area contributed by atoms with Gasteiger partial charge in [-0.05, 0) is 35.7 Å². The van der Waals surface area contributed by atoms with Crippen LogP contribution in [0.2, 0.25) is 5.02 Å². The molecule has 30 heavy (non-hydrogen) atoms. The third-order valence-corrected chi connectivity index (χ3v) is 5.50. The molecule has 0 aliphatic carbocycles. The van der Waals surface area contributed by atoms with Crippen LogP contribution in [0.15, 0.2) is 48.5 Å². The number of carbonyl (C=O) groups excluding carboxylic acids is 1. The maximum absolute atomic E-state index is 12.9. The topological polar surface area (TPSA) is 83.0 Å².